The molecule has 3 rings (SSSR count). The van der Waals surface area contributed by atoms with E-state index in [1.165, 1.54) is 5.56 Å². The minimum absolute atomic E-state index is 0.0114. The van der Waals surface area contributed by atoms with E-state index in [1.807, 2.05) is 72.8 Å². The number of hydrogen-bond acceptors (Lipinski definition) is 3. The molecule has 0 aliphatic carbocycles. The summed E-state index contributed by atoms with van der Waals surface area (Å²) in [6, 6.07) is 23.3. The lowest BCUT2D eigenvalue weighted by molar-refractivity contribution is 0.103. The quantitative estimate of drug-likeness (QED) is 0.305. The van der Waals surface area contributed by atoms with E-state index < -0.39 is 0 Å². The monoisotopic (exact) mass is 460 g/mol. The van der Waals surface area contributed by atoms with E-state index >= 15 is 0 Å². The van der Waals surface area contributed by atoms with E-state index in [2.05, 4.69) is 38.3 Å². The molecule has 0 radical (unpaired) electrons. The molecule has 0 fully saturated rings. The summed E-state index contributed by atoms with van der Waals surface area (Å²) < 4.78 is 5.24. The van der Waals surface area contributed by atoms with Crippen molar-refractivity contribution in [1.29, 1.82) is 0 Å². The maximum atomic E-state index is 13.0. The van der Waals surface area contributed by atoms with Crippen molar-refractivity contribution in [2.45, 2.75) is 45.6 Å². The molecule has 0 heterocycles. The standard InChI is InChI=1S/C28H32N2O2S/c1-6-25(19-12-16-24(32-5)17-13-19)30-27(33)29-23-9-7-8-21(18-23)26(31)20-10-14-22(15-11-20)28(2,3)4/h7-18,25H,6H2,1-5H3,(H2,29,30,33)/t25-/m1/s1. The number of hydrogen-bond donors (Lipinski definition) is 2. The van der Waals surface area contributed by atoms with Crippen LogP contribution in [0.3, 0.4) is 0 Å². The van der Waals surface area contributed by atoms with Crippen molar-refractivity contribution in [3.05, 3.63) is 95.1 Å². The topological polar surface area (TPSA) is 50.4 Å². The van der Waals surface area contributed by atoms with Crippen molar-refractivity contribution >= 4 is 28.8 Å². The lowest BCUT2D eigenvalue weighted by Crippen LogP contribution is -2.32. The molecule has 0 aliphatic heterocycles. The average molecular weight is 461 g/mol. The molecule has 0 saturated heterocycles. The smallest absolute Gasteiger partial charge is 0.193 e. The SMILES string of the molecule is CC[C@@H](NC(=S)Nc1cccc(C(=O)c2ccc(C(C)(C)C)cc2)c1)c1ccc(OC)cc1. The number of ketones is 1. The molecule has 0 saturated carbocycles. The van der Waals surface area contributed by atoms with Gasteiger partial charge in [-0.05, 0) is 59.4 Å². The maximum Gasteiger partial charge on any atom is 0.193 e. The molecule has 5 heteroatoms. The third-order valence-electron chi connectivity index (χ3n) is 5.63. The van der Waals surface area contributed by atoms with Gasteiger partial charge in [0.1, 0.15) is 5.75 Å². The number of anilines is 1. The molecule has 172 valence electrons. The van der Waals surface area contributed by atoms with E-state index in [0.717, 1.165) is 23.4 Å². The van der Waals surface area contributed by atoms with Gasteiger partial charge in [-0.3, -0.25) is 4.79 Å². The number of carbonyl (C=O) groups is 1. The summed E-state index contributed by atoms with van der Waals surface area (Å²) in [7, 11) is 1.66. The molecular weight excluding hydrogens is 428 g/mol. The van der Waals surface area contributed by atoms with Gasteiger partial charge in [0.25, 0.3) is 0 Å². The van der Waals surface area contributed by atoms with Crippen LogP contribution in [0.1, 0.15) is 67.2 Å². The predicted molar refractivity (Wildman–Crippen MR) is 140 cm³/mol. The first-order chi connectivity index (χ1) is 15.7. The van der Waals surface area contributed by atoms with Crippen molar-refractivity contribution in [2.75, 3.05) is 12.4 Å². The Bertz CT molecular complexity index is 1100. The first-order valence-electron chi connectivity index (χ1n) is 11.2. The molecule has 0 aromatic heterocycles. The summed E-state index contributed by atoms with van der Waals surface area (Å²) >= 11 is 5.55. The zero-order chi connectivity index (χ0) is 24.0. The lowest BCUT2D eigenvalue weighted by atomic mass is 9.86. The molecule has 0 unspecified atom stereocenters. The highest BCUT2D eigenvalue weighted by Gasteiger charge is 2.16. The van der Waals surface area contributed by atoms with Crippen LogP contribution in [-0.2, 0) is 5.41 Å². The number of methoxy groups -OCH3 is 1. The van der Waals surface area contributed by atoms with Crippen LogP contribution in [0.25, 0.3) is 0 Å². The van der Waals surface area contributed by atoms with E-state index in [4.69, 9.17) is 17.0 Å². The van der Waals surface area contributed by atoms with Gasteiger partial charge in [0.15, 0.2) is 10.9 Å². The normalized spacial score (nSPS) is 12.0. The Morgan fingerprint density at radius 2 is 1.64 bits per heavy atom. The summed E-state index contributed by atoms with van der Waals surface area (Å²) in [5.74, 6) is 0.812. The van der Waals surface area contributed by atoms with Gasteiger partial charge in [-0.25, -0.2) is 0 Å². The van der Waals surface area contributed by atoms with Crippen LogP contribution in [0.4, 0.5) is 5.69 Å². The van der Waals surface area contributed by atoms with E-state index in [9.17, 15) is 4.79 Å². The number of nitrogens with one attached hydrogen (secondary N) is 2. The van der Waals surface area contributed by atoms with Gasteiger partial charge < -0.3 is 15.4 Å². The Morgan fingerprint density at radius 3 is 2.21 bits per heavy atom. The first-order valence-corrected chi connectivity index (χ1v) is 11.6. The van der Waals surface area contributed by atoms with Crippen LogP contribution in [0.15, 0.2) is 72.8 Å². The highest BCUT2D eigenvalue weighted by atomic mass is 32.1. The zero-order valence-electron chi connectivity index (χ0n) is 19.9. The van der Waals surface area contributed by atoms with Gasteiger partial charge in [0, 0.05) is 16.8 Å². The van der Waals surface area contributed by atoms with Crippen molar-refractivity contribution in [1.82, 2.24) is 5.32 Å². The number of benzene rings is 3. The van der Waals surface area contributed by atoms with Crippen LogP contribution in [0.5, 0.6) is 5.75 Å². The fraction of sp³-hybridized carbons (Fsp3) is 0.286. The number of rotatable bonds is 7. The molecule has 33 heavy (non-hydrogen) atoms. The molecule has 4 nitrogen and oxygen atoms in total. The second-order valence-corrected chi connectivity index (χ2v) is 9.48. The van der Waals surface area contributed by atoms with Gasteiger partial charge in [0.2, 0.25) is 0 Å². The van der Waals surface area contributed by atoms with Crippen LogP contribution >= 0.6 is 12.2 Å². The fourth-order valence-corrected chi connectivity index (χ4v) is 3.87. The predicted octanol–water partition coefficient (Wildman–Crippen LogP) is 6.66. The number of thiocarbonyl (C=S) groups is 1. The highest BCUT2D eigenvalue weighted by molar-refractivity contribution is 7.80. The van der Waals surface area contributed by atoms with Gasteiger partial charge in [0.05, 0.1) is 13.2 Å². The van der Waals surface area contributed by atoms with Gasteiger partial charge in [-0.1, -0.05) is 76.2 Å². The van der Waals surface area contributed by atoms with Gasteiger partial charge >= 0.3 is 0 Å². The van der Waals surface area contributed by atoms with E-state index in [0.29, 0.717) is 16.2 Å². The third kappa shape index (κ3) is 6.42. The van der Waals surface area contributed by atoms with E-state index in [-0.39, 0.29) is 17.2 Å². The molecule has 0 amide bonds. The van der Waals surface area contributed by atoms with Gasteiger partial charge in [-0.2, -0.15) is 0 Å². The minimum atomic E-state index is -0.0114. The zero-order valence-corrected chi connectivity index (χ0v) is 20.8. The molecule has 0 aliphatic rings. The van der Waals surface area contributed by atoms with Crippen LogP contribution in [-0.4, -0.2) is 18.0 Å². The second kappa shape index (κ2) is 10.6. The fourth-order valence-electron chi connectivity index (χ4n) is 3.61. The van der Waals surface area contributed by atoms with Crippen molar-refractivity contribution in [3.63, 3.8) is 0 Å². The van der Waals surface area contributed by atoms with Crippen molar-refractivity contribution in [3.8, 4) is 5.75 Å². The summed E-state index contributed by atoms with van der Waals surface area (Å²) in [4.78, 5) is 13.0. The molecule has 0 bridgehead atoms. The van der Waals surface area contributed by atoms with Crippen LogP contribution in [0.2, 0.25) is 0 Å². The van der Waals surface area contributed by atoms with Crippen LogP contribution < -0.4 is 15.4 Å². The molecule has 3 aromatic carbocycles. The second-order valence-electron chi connectivity index (χ2n) is 9.07. The molecule has 3 aromatic rings. The lowest BCUT2D eigenvalue weighted by Gasteiger charge is -2.20. The summed E-state index contributed by atoms with van der Waals surface area (Å²) in [6.45, 7) is 8.59. The van der Waals surface area contributed by atoms with Crippen LogP contribution in [0, 0.1) is 0 Å². The Morgan fingerprint density at radius 1 is 0.970 bits per heavy atom. The molecule has 2 N–H and O–H groups in total. The largest absolute Gasteiger partial charge is 0.497 e. The van der Waals surface area contributed by atoms with Crippen molar-refractivity contribution < 1.29 is 9.53 Å². The Hall–Kier alpha value is -3.18. The number of ether oxygens (including phenoxy) is 1. The minimum Gasteiger partial charge on any atom is -0.497 e. The maximum absolute atomic E-state index is 13.0. The summed E-state index contributed by atoms with van der Waals surface area (Å²) in [5.41, 5.74) is 4.45. The van der Waals surface area contributed by atoms with E-state index in [1.54, 1.807) is 7.11 Å². The Labute approximate surface area is 202 Å². The average Bonchev–Trinajstić information content (AvgIpc) is 2.82. The summed E-state index contributed by atoms with van der Waals surface area (Å²) in [5, 5.41) is 7.09. The number of carbonyl (C=O) groups excluding carboxylic acids is 1. The third-order valence-corrected chi connectivity index (χ3v) is 5.85. The first kappa shape index (κ1) is 24.5. The summed E-state index contributed by atoms with van der Waals surface area (Å²) in [6.07, 6.45) is 0.872. The molecule has 1 atom stereocenters. The van der Waals surface area contributed by atoms with Crippen molar-refractivity contribution in [2.24, 2.45) is 0 Å². The van der Waals surface area contributed by atoms with Gasteiger partial charge in [-0.15, -0.1) is 0 Å². The molecule has 0 spiro atoms. The Kier molecular flexibility index (Phi) is 7.88. The highest BCUT2D eigenvalue weighted by Crippen LogP contribution is 2.24. The molecular formula is C28H32N2O2S. The Balaban J connectivity index is 1.68.